The van der Waals surface area contributed by atoms with Crippen molar-refractivity contribution < 1.29 is 14.6 Å². The van der Waals surface area contributed by atoms with Crippen molar-refractivity contribution in [3.8, 4) is 26.8 Å². The summed E-state index contributed by atoms with van der Waals surface area (Å²) in [5, 5.41) is 11.0. The van der Waals surface area contributed by atoms with Gasteiger partial charge in [-0.15, -0.1) is 22.7 Å². The van der Waals surface area contributed by atoms with Gasteiger partial charge in [0.1, 0.15) is 17.0 Å². The molecule has 0 fully saturated rings. The summed E-state index contributed by atoms with van der Waals surface area (Å²) < 4.78 is 5.57. The van der Waals surface area contributed by atoms with Crippen LogP contribution in [0, 0.1) is 6.92 Å². The lowest BCUT2D eigenvalue weighted by molar-refractivity contribution is 0.0523. The third-order valence-electron chi connectivity index (χ3n) is 4.28. The zero-order valence-corrected chi connectivity index (χ0v) is 17.5. The minimum atomic E-state index is -0.662. The molecule has 4 rings (SSSR count). The topological polar surface area (TPSA) is 128 Å². The summed E-state index contributed by atoms with van der Waals surface area (Å²) in [4.78, 5) is 46.0. The Hall–Kier alpha value is -2.82. The highest BCUT2D eigenvalue weighted by molar-refractivity contribution is 7.19. The maximum absolute atomic E-state index is 12.6. The number of aromatic hydroxyl groups is 1. The van der Waals surface area contributed by atoms with E-state index in [-0.39, 0.29) is 29.0 Å². The van der Waals surface area contributed by atoms with Crippen LogP contribution in [0.4, 0.5) is 0 Å². The van der Waals surface area contributed by atoms with Crippen molar-refractivity contribution in [1.82, 2.24) is 15.0 Å². The van der Waals surface area contributed by atoms with Gasteiger partial charge in [-0.25, -0.2) is 9.59 Å². The molecule has 0 aliphatic heterocycles. The van der Waals surface area contributed by atoms with E-state index in [2.05, 4.69) is 15.0 Å². The number of carbonyl (C=O) groups is 1. The highest BCUT2D eigenvalue weighted by Crippen LogP contribution is 2.48. The van der Waals surface area contributed by atoms with Gasteiger partial charge < -0.3 is 14.8 Å². The van der Waals surface area contributed by atoms with Crippen LogP contribution in [0.15, 0.2) is 21.7 Å². The van der Waals surface area contributed by atoms with Crippen LogP contribution in [0.2, 0.25) is 4.34 Å². The smallest absolute Gasteiger partial charge is 0.343 e. The third-order valence-corrected chi connectivity index (χ3v) is 6.64. The monoisotopic (exact) mass is 451 g/mol. The molecule has 11 heteroatoms. The molecule has 8 nitrogen and oxygen atoms in total. The number of rotatable bonds is 4. The lowest BCUT2D eigenvalue weighted by Gasteiger charge is -2.03. The second kappa shape index (κ2) is 7.21. The molecule has 0 unspecified atom stereocenters. The largest absolute Gasteiger partial charge is 0.505 e. The van der Waals surface area contributed by atoms with Crippen molar-refractivity contribution >= 4 is 51.3 Å². The molecule has 0 spiro atoms. The van der Waals surface area contributed by atoms with E-state index in [1.807, 2.05) is 0 Å². The highest BCUT2D eigenvalue weighted by Gasteiger charge is 2.28. The number of ether oxygens (including phenoxy) is 1. The van der Waals surface area contributed by atoms with Crippen molar-refractivity contribution in [3.63, 3.8) is 0 Å². The average Bonchev–Trinajstić information content (AvgIpc) is 3.30. The molecule has 0 aliphatic carbocycles. The normalized spacial score (nSPS) is 11.3. The molecule has 150 valence electrons. The number of nitrogens with one attached hydrogen (secondary N) is 3. The number of aromatic amines is 3. The second-order valence-corrected chi connectivity index (χ2v) is 9.01. The fraction of sp³-hybridized carbons (Fsp3) is 0.167. The van der Waals surface area contributed by atoms with Crippen molar-refractivity contribution in [3.05, 3.63) is 47.7 Å². The van der Waals surface area contributed by atoms with E-state index in [0.717, 1.165) is 11.3 Å². The van der Waals surface area contributed by atoms with Crippen LogP contribution in [0.3, 0.4) is 0 Å². The van der Waals surface area contributed by atoms with Crippen molar-refractivity contribution in [2.24, 2.45) is 0 Å². The Morgan fingerprint density at radius 2 is 1.97 bits per heavy atom. The van der Waals surface area contributed by atoms with Crippen molar-refractivity contribution in [1.29, 1.82) is 0 Å². The van der Waals surface area contributed by atoms with E-state index < -0.39 is 17.2 Å². The number of aryl methyl sites for hydroxylation is 1. The number of hydrogen-bond donors (Lipinski definition) is 4. The number of aromatic nitrogens is 3. The van der Waals surface area contributed by atoms with E-state index in [1.165, 1.54) is 11.3 Å². The number of H-pyrrole nitrogens is 3. The number of esters is 1. The van der Waals surface area contributed by atoms with E-state index in [0.29, 0.717) is 30.2 Å². The maximum atomic E-state index is 12.6. The summed E-state index contributed by atoms with van der Waals surface area (Å²) in [6.45, 7) is 3.52. The lowest BCUT2D eigenvalue weighted by atomic mass is 10.1. The van der Waals surface area contributed by atoms with Crippen molar-refractivity contribution in [2.75, 3.05) is 6.61 Å². The first-order valence-corrected chi connectivity index (χ1v) is 10.5. The molecule has 29 heavy (non-hydrogen) atoms. The fourth-order valence-electron chi connectivity index (χ4n) is 3.14. The van der Waals surface area contributed by atoms with Crippen LogP contribution in [-0.2, 0) is 4.74 Å². The minimum Gasteiger partial charge on any atom is -0.505 e. The number of fused-ring (bicyclic) bond motifs is 1. The first kappa shape index (κ1) is 19.5. The van der Waals surface area contributed by atoms with E-state index >= 15 is 0 Å². The molecule has 0 bridgehead atoms. The van der Waals surface area contributed by atoms with Crippen LogP contribution < -0.4 is 11.2 Å². The number of halogens is 1. The van der Waals surface area contributed by atoms with Gasteiger partial charge in [0.25, 0.3) is 5.56 Å². The third kappa shape index (κ3) is 3.18. The van der Waals surface area contributed by atoms with Crippen LogP contribution in [-0.4, -0.2) is 32.6 Å². The van der Waals surface area contributed by atoms with Gasteiger partial charge >= 0.3 is 11.7 Å². The first-order chi connectivity index (χ1) is 13.8. The van der Waals surface area contributed by atoms with Gasteiger partial charge in [0.15, 0.2) is 0 Å². The van der Waals surface area contributed by atoms with Crippen LogP contribution in [0.25, 0.3) is 32.0 Å². The summed E-state index contributed by atoms with van der Waals surface area (Å²) in [5.41, 5.74) is -0.154. The Labute approximate surface area is 175 Å². The molecule has 0 atom stereocenters. The van der Waals surface area contributed by atoms with Crippen molar-refractivity contribution in [2.45, 2.75) is 13.8 Å². The molecule has 4 heterocycles. The van der Waals surface area contributed by atoms with Gasteiger partial charge in [0.05, 0.1) is 31.8 Å². The summed E-state index contributed by atoms with van der Waals surface area (Å²) in [6, 6.07) is 3.46. The van der Waals surface area contributed by atoms with Crippen LogP contribution in [0.5, 0.6) is 5.75 Å². The van der Waals surface area contributed by atoms with E-state index in [1.54, 1.807) is 26.0 Å². The van der Waals surface area contributed by atoms with E-state index in [9.17, 15) is 19.5 Å². The quantitative estimate of drug-likeness (QED) is 0.350. The fourth-order valence-corrected chi connectivity index (χ4v) is 5.28. The Morgan fingerprint density at radius 3 is 2.62 bits per heavy atom. The summed E-state index contributed by atoms with van der Waals surface area (Å²) in [6.07, 6.45) is 0. The number of thiophene rings is 2. The molecule has 0 amide bonds. The second-order valence-electron chi connectivity index (χ2n) is 6.07. The molecule has 0 aromatic carbocycles. The predicted molar refractivity (Wildman–Crippen MR) is 114 cm³/mol. The molecule has 4 aromatic rings. The van der Waals surface area contributed by atoms with Crippen LogP contribution >= 0.6 is 34.3 Å². The van der Waals surface area contributed by atoms with E-state index in [4.69, 9.17) is 16.3 Å². The van der Waals surface area contributed by atoms with Gasteiger partial charge in [-0.1, -0.05) is 11.6 Å². The Balaban J connectivity index is 2.08. The molecule has 4 N–H and O–H groups in total. The summed E-state index contributed by atoms with van der Waals surface area (Å²) >= 11 is 8.49. The average molecular weight is 452 g/mol. The molecule has 0 saturated heterocycles. The Kier molecular flexibility index (Phi) is 4.85. The molecular weight excluding hydrogens is 438 g/mol. The van der Waals surface area contributed by atoms with Gasteiger partial charge in [0.2, 0.25) is 0 Å². The van der Waals surface area contributed by atoms with Gasteiger partial charge in [0, 0.05) is 10.4 Å². The van der Waals surface area contributed by atoms with Gasteiger partial charge in [-0.2, -0.15) is 0 Å². The number of hydrogen-bond acceptors (Lipinski definition) is 7. The molecule has 4 aromatic heterocycles. The predicted octanol–water partition coefficient (Wildman–Crippen LogP) is 3.85. The summed E-state index contributed by atoms with van der Waals surface area (Å²) in [7, 11) is 0. The molecule has 0 radical (unpaired) electrons. The Bertz CT molecular complexity index is 1370. The zero-order chi connectivity index (χ0) is 20.9. The Morgan fingerprint density at radius 1 is 1.21 bits per heavy atom. The summed E-state index contributed by atoms with van der Waals surface area (Å²) in [5.74, 6) is -0.922. The van der Waals surface area contributed by atoms with Gasteiger partial charge in [-0.3, -0.25) is 14.8 Å². The lowest BCUT2D eigenvalue weighted by Crippen LogP contribution is -2.21. The minimum absolute atomic E-state index is 0.0530. The zero-order valence-electron chi connectivity index (χ0n) is 15.1. The van der Waals surface area contributed by atoms with Crippen LogP contribution in [0.1, 0.15) is 22.2 Å². The SMILES string of the molecule is CCOC(=O)c1c(C)sc(-c2c(-c3ccc(Cl)s3)[nH]c3[nH]c(=O)[nH]c(=O)c23)c1O. The number of carbonyl (C=O) groups excluding carboxylic acids is 1. The van der Waals surface area contributed by atoms with Gasteiger partial charge in [-0.05, 0) is 26.0 Å². The maximum Gasteiger partial charge on any atom is 0.343 e. The highest BCUT2D eigenvalue weighted by atomic mass is 35.5. The molecule has 0 aliphatic rings. The molecule has 0 saturated carbocycles. The molecular formula is C18H14ClN3O5S2. The first-order valence-electron chi connectivity index (χ1n) is 8.45. The standard InChI is InChI=1S/C18H14ClN3O5S2/c1-3-27-17(25)9-6(2)28-14(13(9)23)10-11-15(21-18(26)22-16(11)24)20-12(10)7-4-5-8(19)29-7/h4-5,23H,3H2,1-2H3,(H3,20,21,22,24,26).